The first-order valence-electron chi connectivity index (χ1n) is 6.41. The molecule has 19 heavy (non-hydrogen) atoms. The fourth-order valence-electron chi connectivity index (χ4n) is 2.39. The Hall–Kier alpha value is -0.480. The van der Waals surface area contributed by atoms with E-state index in [1.165, 1.54) is 11.8 Å². The maximum atomic E-state index is 11.7. The molecule has 1 fully saturated rings. The summed E-state index contributed by atoms with van der Waals surface area (Å²) in [5, 5.41) is 9.58. The number of carbonyl (C=O) groups is 1. The summed E-state index contributed by atoms with van der Waals surface area (Å²) in [6.07, 6.45) is 1.50. The van der Waals surface area contributed by atoms with E-state index >= 15 is 0 Å². The number of aliphatic carboxylic acids is 1. The van der Waals surface area contributed by atoms with E-state index in [1.807, 2.05) is 24.3 Å². The summed E-state index contributed by atoms with van der Waals surface area (Å²) in [4.78, 5) is 12.7. The maximum absolute atomic E-state index is 11.7. The van der Waals surface area contributed by atoms with E-state index in [1.54, 1.807) is 0 Å². The predicted octanol–water partition coefficient (Wildman–Crippen LogP) is 4.82. The Bertz CT molecular complexity index is 487. The summed E-state index contributed by atoms with van der Waals surface area (Å²) in [5.41, 5.74) is 0.188. The van der Waals surface area contributed by atoms with Gasteiger partial charge in [0.15, 0.2) is 0 Å². The molecule has 0 aromatic heterocycles. The molecule has 0 saturated heterocycles. The van der Waals surface area contributed by atoms with Crippen molar-refractivity contribution in [2.45, 2.75) is 43.3 Å². The molecule has 2 nitrogen and oxygen atoms in total. The van der Waals surface area contributed by atoms with Crippen LogP contribution in [0.25, 0.3) is 0 Å². The summed E-state index contributed by atoms with van der Waals surface area (Å²) in [7, 11) is 0. The first-order valence-corrected chi connectivity index (χ1v) is 8.02. The third kappa shape index (κ3) is 3.00. The third-order valence-corrected chi connectivity index (χ3v) is 6.34. The van der Waals surface area contributed by atoms with Crippen LogP contribution in [0, 0.1) is 11.3 Å². The summed E-state index contributed by atoms with van der Waals surface area (Å²) in [5.74, 6) is -0.202. The van der Waals surface area contributed by atoms with Gasteiger partial charge in [0.1, 0.15) is 4.75 Å². The normalized spacial score (nSPS) is 26.8. The molecule has 0 radical (unpaired) electrons. The molecule has 0 unspecified atom stereocenters. The lowest BCUT2D eigenvalue weighted by atomic mass is 9.62. The molecule has 0 bridgehead atoms. The van der Waals surface area contributed by atoms with Crippen LogP contribution in [0.3, 0.4) is 0 Å². The van der Waals surface area contributed by atoms with Crippen LogP contribution >= 0.6 is 27.7 Å². The van der Waals surface area contributed by atoms with Gasteiger partial charge in [0.05, 0.1) is 0 Å². The maximum Gasteiger partial charge on any atom is 0.320 e. The molecule has 1 aromatic carbocycles. The van der Waals surface area contributed by atoms with Crippen molar-refractivity contribution >= 4 is 33.7 Å². The molecule has 104 valence electrons. The Kier molecular flexibility index (Phi) is 4.03. The highest BCUT2D eigenvalue weighted by Crippen LogP contribution is 2.57. The molecule has 4 heteroatoms. The molecule has 2 rings (SSSR count). The van der Waals surface area contributed by atoms with Crippen molar-refractivity contribution in [1.29, 1.82) is 0 Å². The minimum Gasteiger partial charge on any atom is -0.480 e. The molecule has 1 saturated carbocycles. The second-order valence-corrected chi connectivity index (χ2v) is 8.58. The molecular formula is C15H19BrO2S. The lowest BCUT2D eigenvalue weighted by Gasteiger charge is -2.49. The first-order chi connectivity index (χ1) is 8.74. The zero-order valence-corrected chi connectivity index (χ0v) is 13.8. The van der Waals surface area contributed by atoms with E-state index in [9.17, 15) is 9.90 Å². The molecule has 0 amide bonds. The highest BCUT2D eigenvalue weighted by molar-refractivity contribution is 9.10. The van der Waals surface area contributed by atoms with Gasteiger partial charge in [-0.15, -0.1) is 11.8 Å². The molecule has 0 atom stereocenters. The molecule has 0 spiro atoms. The number of hydrogen-bond donors (Lipinski definition) is 1. The SMILES string of the molecule is CC(C)(C)C1CC(Sc2ccccc2Br)(C(=O)O)C1. The van der Waals surface area contributed by atoms with Crippen molar-refractivity contribution in [2.24, 2.45) is 11.3 Å². The predicted molar refractivity (Wildman–Crippen MR) is 82.5 cm³/mol. The second kappa shape index (κ2) is 5.13. The van der Waals surface area contributed by atoms with Crippen LogP contribution in [-0.2, 0) is 4.79 Å². The fraction of sp³-hybridized carbons (Fsp3) is 0.533. The third-order valence-electron chi connectivity index (χ3n) is 3.91. The summed E-state index contributed by atoms with van der Waals surface area (Å²) in [6, 6.07) is 7.82. The van der Waals surface area contributed by atoms with Crippen LogP contribution in [0.15, 0.2) is 33.6 Å². The Morgan fingerprint density at radius 3 is 2.42 bits per heavy atom. The summed E-state index contributed by atoms with van der Waals surface area (Å²) >= 11 is 4.98. The number of carboxylic acids is 1. The minimum absolute atomic E-state index is 0.188. The lowest BCUT2D eigenvalue weighted by molar-refractivity contribution is -0.145. The Morgan fingerprint density at radius 1 is 1.37 bits per heavy atom. The van der Waals surface area contributed by atoms with Gasteiger partial charge in [0.25, 0.3) is 0 Å². The number of benzene rings is 1. The van der Waals surface area contributed by atoms with E-state index in [0.29, 0.717) is 5.92 Å². The van der Waals surface area contributed by atoms with Crippen molar-refractivity contribution in [3.8, 4) is 0 Å². The van der Waals surface area contributed by atoms with Crippen molar-refractivity contribution in [2.75, 3.05) is 0 Å². The standard InChI is InChI=1S/C15H19BrO2S/c1-14(2,3)10-8-15(9-10,13(17)18)19-12-7-5-4-6-11(12)16/h4-7,10H,8-9H2,1-3H3,(H,17,18). The van der Waals surface area contributed by atoms with Gasteiger partial charge in [-0.3, -0.25) is 4.79 Å². The monoisotopic (exact) mass is 342 g/mol. The molecule has 1 aliphatic carbocycles. The van der Waals surface area contributed by atoms with Gasteiger partial charge < -0.3 is 5.11 Å². The van der Waals surface area contributed by atoms with Crippen molar-refractivity contribution in [3.05, 3.63) is 28.7 Å². The Labute approximate surface area is 127 Å². The molecule has 0 heterocycles. The number of hydrogen-bond acceptors (Lipinski definition) is 2. The van der Waals surface area contributed by atoms with Gasteiger partial charge in [-0.2, -0.15) is 0 Å². The highest BCUT2D eigenvalue weighted by Gasteiger charge is 2.54. The van der Waals surface area contributed by atoms with E-state index < -0.39 is 10.7 Å². The average Bonchev–Trinajstić information content (AvgIpc) is 2.23. The van der Waals surface area contributed by atoms with Crippen LogP contribution < -0.4 is 0 Å². The van der Waals surface area contributed by atoms with Crippen LogP contribution in [0.5, 0.6) is 0 Å². The molecular weight excluding hydrogens is 324 g/mol. The zero-order valence-electron chi connectivity index (χ0n) is 11.4. The molecule has 1 aromatic rings. The summed E-state index contributed by atoms with van der Waals surface area (Å²) in [6.45, 7) is 6.56. The van der Waals surface area contributed by atoms with Crippen molar-refractivity contribution < 1.29 is 9.90 Å². The quantitative estimate of drug-likeness (QED) is 0.855. The number of halogens is 1. The van der Waals surface area contributed by atoms with Gasteiger partial charge in [-0.1, -0.05) is 32.9 Å². The van der Waals surface area contributed by atoms with Crippen molar-refractivity contribution in [3.63, 3.8) is 0 Å². The molecule has 0 aliphatic heterocycles. The van der Waals surface area contributed by atoms with Crippen LogP contribution in [0.1, 0.15) is 33.6 Å². The van der Waals surface area contributed by atoms with Crippen LogP contribution in [0.4, 0.5) is 0 Å². The molecule has 1 N–H and O–H groups in total. The first kappa shape index (κ1) is 14.9. The summed E-state index contributed by atoms with van der Waals surface area (Å²) < 4.78 is 0.321. The van der Waals surface area contributed by atoms with Crippen LogP contribution in [0.2, 0.25) is 0 Å². The zero-order chi connectivity index (χ0) is 14.3. The Morgan fingerprint density at radius 2 is 1.95 bits per heavy atom. The van der Waals surface area contributed by atoms with Gasteiger partial charge in [0.2, 0.25) is 0 Å². The smallest absolute Gasteiger partial charge is 0.320 e. The van der Waals surface area contributed by atoms with Gasteiger partial charge >= 0.3 is 5.97 Å². The topological polar surface area (TPSA) is 37.3 Å². The van der Waals surface area contributed by atoms with E-state index in [4.69, 9.17) is 0 Å². The van der Waals surface area contributed by atoms with Crippen molar-refractivity contribution in [1.82, 2.24) is 0 Å². The second-order valence-electron chi connectivity index (χ2n) is 6.30. The number of rotatable bonds is 3. The highest BCUT2D eigenvalue weighted by atomic mass is 79.9. The number of carboxylic acid groups (broad SMARTS) is 1. The van der Waals surface area contributed by atoms with Gasteiger partial charge in [-0.25, -0.2) is 0 Å². The van der Waals surface area contributed by atoms with E-state index in [-0.39, 0.29) is 5.41 Å². The van der Waals surface area contributed by atoms with Crippen LogP contribution in [-0.4, -0.2) is 15.8 Å². The average molecular weight is 343 g/mol. The Balaban J connectivity index is 2.17. The fourth-order valence-corrected chi connectivity index (χ4v) is 4.31. The minimum atomic E-state index is -0.686. The van der Waals surface area contributed by atoms with E-state index in [0.717, 1.165) is 22.2 Å². The molecule has 1 aliphatic rings. The lowest BCUT2D eigenvalue weighted by Crippen LogP contribution is -2.51. The van der Waals surface area contributed by atoms with Gasteiger partial charge in [0, 0.05) is 9.37 Å². The van der Waals surface area contributed by atoms with Gasteiger partial charge in [-0.05, 0) is 52.2 Å². The van der Waals surface area contributed by atoms with E-state index in [2.05, 4.69) is 36.7 Å². The largest absolute Gasteiger partial charge is 0.480 e. The number of thioether (sulfide) groups is 1.